The molecule has 0 saturated heterocycles. The molecule has 27 heavy (non-hydrogen) atoms. The third-order valence-electron chi connectivity index (χ3n) is 4.28. The zero-order valence-corrected chi connectivity index (χ0v) is 15.9. The summed E-state index contributed by atoms with van der Waals surface area (Å²) in [5.74, 6) is 0.764. The van der Waals surface area contributed by atoms with Crippen LogP contribution in [-0.2, 0) is 6.54 Å². The van der Waals surface area contributed by atoms with Crippen molar-refractivity contribution >= 4 is 17.5 Å². The molecule has 0 saturated carbocycles. The third-order valence-corrected chi connectivity index (χ3v) is 4.28. The molecule has 138 valence electrons. The van der Waals surface area contributed by atoms with E-state index in [9.17, 15) is 4.79 Å². The Balaban J connectivity index is 1.58. The summed E-state index contributed by atoms with van der Waals surface area (Å²) in [7, 11) is 0. The minimum atomic E-state index is -0.190. The molecule has 2 aromatic carbocycles. The summed E-state index contributed by atoms with van der Waals surface area (Å²) < 4.78 is 0. The van der Waals surface area contributed by atoms with Gasteiger partial charge in [-0.05, 0) is 36.1 Å². The van der Waals surface area contributed by atoms with E-state index in [0.29, 0.717) is 24.0 Å². The highest BCUT2D eigenvalue weighted by Gasteiger charge is 2.07. The summed E-state index contributed by atoms with van der Waals surface area (Å²) in [4.78, 5) is 20.7. The summed E-state index contributed by atoms with van der Waals surface area (Å²) in [6.45, 7) is 6.83. The SMILES string of the molecule is Cc1cccc(CNC(=O)c2cnc(Nc3ccc(C(C)C)cc3)nc2)c1. The molecule has 1 heterocycles. The van der Waals surface area contributed by atoms with E-state index in [-0.39, 0.29) is 5.91 Å². The Kier molecular flexibility index (Phi) is 5.81. The van der Waals surface area contributed by atoms with Gasteiger partial charge in [-0.2, -0.15) is 0 Å². The van der Waals surface area contributed by atoms with Gasteiger partial charge in [0.05, 0.1) is 5.56 Å². The minimum absolute atomic E-state index is 0.190. The van der Waals surface area contributed by atoms with Crippen molar-refractivity contribution in [3.8, 4) is 0 Å². The molecule has 1 amide bonds. The van der Waals surface area contributed by atoms with Gasteiger partial charge >= 0.3 is 0 Å². The van der Waals surface area contributed by atoms with E-state index in [1.165, 1.54) is 23.5 Å². The molecule has 5 heteroatoms. The summed E-state index contributed by atoms with van der Waals surface area (Å²) in [5.41, 5.74) is 4.86. The lowest BCUT2D eigenvalue weighted by Crippen LogP contribution is -2.23. The van der Waals surface area contributed by atoms with Crippen molar-refractivity contribution in [1.82, 2.24) is 15.3 Å². The molecular formula is C22H24N4O. The Hall–Kier alpha value is -3.21. The molecule has 0 aliphatic carbocycles. The Morgan fingerprint density at radius 2 is 1.74 bits per heavy atom. The lowest BCUT2D eigenvalue weighted by atomic mass is 10.0. The Bertz CT molecular complexity index is 902. The lowest BCUT2D eigenvalue weighted by Gasteiger charge is -2.09. The smallest absolute Gasteiger partial charge is 0.254 e. The molecule has 1 aromatic heterocycles. The summed E-state index contributed by atoms with van der Waals surface area (Å²) in [6, 6.07) is 16.2. The van der Waals surface area contributed by atoms with E-state index in [2.05, 4.69) is 46.6 Å². The number of aryl methyl sites for hydroxylation is 1. The van der Waals surface area contributed by atoms with Crippen molar-refractivity contribution in [2.45, 2.75) is 33.2 Å². The second-order valence-corrected chi connectivity index (χ2v) is 6.87. The standard InChI is InChI=1S/C22H24N4O/c1-15(2)18-7-9-20(10-8-18)26-22-24-13-19(14-25-22)21(27)23-12-17-6-4-5-16(3)11-17/h4-11,13-15H,12H2,1-3H3,(H,23,27)(H,24,25,26). The van der Waals surface area contributed by atoms with Crippen LogP contribution < -0.4 is 10.6 Å². The van der Waals surface area contributed by atoms with Crippen LogP contribution in [0.4, 0.5) is 11.6 Å². The minimum Gasteiger partial charge on any atom is -0.348 e. The quantitative estimate of drug-likeness (QED) is 0.675. The Labute approximate surface area is 159 Å². The highest BCUT2D eigenvalue weighted by atomic mass is 16.1. The first-order valence-corrected chi connectivity index (χ1v) is 9.04. The molecule has 2 N–H and O–H groups in total. The zero-order chi connectivity index (χ0) is 19.2. The molecular weight excluding hydrogens is 336 g/mol. The monoisotopic (exact) mass is 360 g/mol. The van der Waals surface area contributed by atoms with Crippen LogP contribution in [0.5, 0.6) is 0 Å². The van der Waals surface area contributed by atoms with Gasteiger partial charge in [0.25, 0.3) is 5.91 Å². The number of nitrogens with zero attached hydrogens (tertiary/aromatic N) is 2. The van der Waals surface area contributed by atoms with Crippen LogP contribution in [-0.4, -0.2) is 15.9 Å². The highest BCUT2D eigenvalue weighted by molar-refractivity contribution is 5.93. The van der Waals surface area contributed by atoms with Crippen LogP contribution >= 0.6 is 0 Å². The van der Waals surface area contributed by atoms with Gasteiger partial charge in [-0.25, -0.2) is 9.97 Å². The predicted molar refractivity (Wildman–Crippen MR) is 108 cm³/mol. The fourth-order valence-corrected chi connectivity index (χ4v) is 2.70. The van der Waals surface area contributed by atoms with Crippen molar-refractivity contribution in [1.29, 1.82) is 0 Å². The predicted octanol–water partition coefficient (Wildman–Crippen LogP) is 4.58. The van der Waals surface area contributed by atoms with E-state index >= 15 is 0 Å². The fraction of sp³-hybridized carbons (Fsp3) is 0.227. The van der Waals surface area contributed by atoms with Crippen LogP contribution in [0.2, 0.25) is 0 Å². The van der Waals surface area contributed by atoms with Crippen LogP contribution in [0, 0.1) is 6.92 Å². The number of carbonyl (C=O) groups is 1. The molecule has 3 rings (SSSR count). The summed E-state index contributed by atoms with van der Waals surface area (Å²) in [5, 5.41) is 6.04. The fourth-order valence-electron chi connectivity index (χ4n) is 2.70. The van der Waals surface area contributed by atoms with Gasteiger partial charge in [0.15, 0.2) is 0 Å². The number of anilines is 2. The zero-order valence-electron chi connectivity index (χ0n) is 15.9. The van der Waals surface area contributed by atoms with Gasteiger partial charge in [-0.1, -0.05) is 55.8 Å². The van der Waals surface area contributed by atoms with Crippen molar-refractivity contribution in [2.75, 3.05) is 5.32 Å². The van der Waals surface area contributed by atoms with Gasteiger partial charge in [0.1, 0.15) is 0 Å². The van der Waals surface area contributed by atoms with Crippen molar-refractivity contribution in [3.63, 3.8) is 0 Å². The van der Waals surface area contributed by atoms with Gasteiger partial charge in [0, 0.05) is 24.6 Å². The second-order valence-electron chi connectivity index (χ2n) is 6.87. The average Bonchev–Trinajstić information content (AvgIpc) is 2.67. The van der Waals surface area contributed by atoms with E-state index < -0.39 is 0 Å². The molecule has 0 radical (unpaired) electrons. The number of hydrogen-bond acceptors (Lipinski definition) is 4. The molecule has 0 aliphatic rings. The first-order chi connectivity index (χ1) is 13.0. The van der Waals surface area contributed by atoms with Crippen molar-refractivity contribution in [2.24, 2.45) is 0 Å². The van der Waals surface area contributed by atoms with E-state index in [1.807, 2.05) is 43.3 Å². The van der Waals surface area contributed by atoms with E-state index in [4.69, 9.17) is 0 Å². The number of nitrogens with one attached hydrogen (secondary N) is 2. The largest absolute Gasteiger partial charge is 0.348 e. The van der Waals surface area contributed by atoms with Crippen LogP contribution in [0.25, 0.3) is 0 Å². The lowest BCUT2D eigenvalue weighted by molar-refractivity contribution is 0.0950. The van der Waals surface area contributed by atoms with E-state index in [0.717, 1.165) is 11.3 Å². The van der Waals surface area contributed by atoms with Crippen LogP contribution in [0.3, 0.4) is 0 Å². The highest BCUT2D eigenvalue weighted by Crippen LogP contribution is 2.19. The second kappa shape index (κ2) is 8.45. The molecule has 0 bridgehead atoms. The molecule has 0 atom stereocenters. The van der Waals surface area contributed by atoms with Gasteiger partial charge in [-0.15, -0.1) is 0 Å². The number of rotatable bonds is 6. The molecule has 0 spiro atoms. The molecule has 3 aromatic rings. The van der Waals surface area contributed by atoms with E-state index in [1.54, 1.807) is 0 Å². The number of benzene rings is 2. The van der Waals surface area contributed by atoms with Crippen LogP contribution in [0.1, 0.15) is 46.8 Å². The first kappa shape index (κ1) is 18.6. The summed E-state index contributed by atoms with van der Waals surface area (Å²) >= 11 is 0. The topological polar surface area (TPSA) is 66.9 Å². The average molecular weight is 360 g/mol. The Morgan fingerprint density at radius 3 is 2.37 bits per heavy atom. The van der Waals surface area contributed by atoms with Crippen molar-refractivity contribution < 1.29 is 4.79 Å². The first-order valence-electron chi connectivity index (χ1n) is 9.04. The molecule has 0 aliphatic heterocycles. The molecule has 5 nitrogen and oxygen atoms in total. The maximum Gasteiger partial charge on any atom is 0.254 e. The van der Waals surface area contributed by atoms with Crippen molar-refractivity contribution in [3.05, 3.63) is 83.2 Å². The Morgan fingerprint density at radius 1 is 1.04 bits per heavy atom. The normalized spacial score (nSPS) is 10.7. The van der Waals surface area contributed by atoms with Gasteiger partial charge in [0.2, 0.25) is 5.95 Å². The van der Waals surface area contributed by atoms with Gasteiger partial charge < -0.3 is 10.6 Å². The maximum atomic E-state index is 12.3. The number of hydrogen-bond donors (Lipinski definition) is 2. The number of aromatic nitrogens is 2. The van der Waals surface area contributed by atoms with Gasteiger partial charge in [-0.3, -0.25) is 4.79 Å². The number of carbonyl (C=O) groups excluding carboxylic acids is 1. The third kappa shape index (κ3) is 5.14. The number of amides is 1. The molecule has 0 fully saturated rings. The summed E-state index contributed by atoms with van der Waals surface area (Å²) in [6.07, 6.45) is 3.06. The van der Waals surface area contributed by atoms with Crippen LogP contribution in [0.15, 0.2) is 60.9 Å². The maximum absolute atomic E-state index is 12.3. The molecule has 0 unspecified atom stereocenters.